The molecule has 0 aliphatic carbocycles. The molecule has 36 heavy (non-hydrogen) atoms. The number of benzene rings is 4. The van der Waals surface area contributed by atoms with Crippen molar-refractivity contribution in [2.45, 2.75) is 25.6 Å². The highest BCUT2D eigenvalue weighted by Gasteiger charge is 2.33. The molecular formula is C32H31ClN2O. The molecule has 0 amide bonds. The lowest BCUT2D eigenvalue weighted by atomic mass is 9.97. The maximum absolute atomic E-state index is 12.3. The van der Waals surface area contributed by atoms with Crippen LogP contribution in [0.25, 0.3) is 11.1 Å². The smallest absolute Gasteiger partial charge is 0.141 e. The van der Waals surface area contributed by atoms with E-state index in [4.69, 9.17) is 11.6 Å². The van der Waals surface area contributed by atoms with Crippen molar-refractivity contribution in [3.05, 3.63) is 130 Å². The zero-order valence-corrected chi connectivity index (χ0v) is 21.3. The van der Waals surface area contributed by atoms with E-state index in [-0.39, 0.29) is 12.1 Å². The quantitative estimate of drug-likeness (QED) is 0.256. The molecule has 1 fully saturated rings. The molecule has 0 bridgehead atoms. The second-order valence-electron chi connectivity index (χ2n) is 9.57. The third-order valence-electron chi connectivity index (χ3n) is 7.11. The molecule has 0 aromatic heterocycles. The van der Waals surface area contributed by atoms with Gasteiger partial charge in [-0.05, 0) is 41.3 Å². The predicted molar refractivity (Wildman–Crippen MR) is 148 cm³/mol. The maximum Gasteiger partial charge on any atom is 0.141 e. The van der Waals surface area contributed by atoms with Crippen molar-refractivity contribution in [2.75, 3.05) is 19.6 Å². The second-order valence-corrected chi connectivity index (χ2v) is 9.98. The normalized spacial score (nSPS) is 17.6. The Kier molecular flexibility index (Phi) is 7.62. The van der Waals surface area contributed by atoms with Gasteiger partial charge in [0.25, 0.3) is 0 Å². The Morgan fingerprint density at radius 3 is 2.28 bits per heavy atom. The van der Waals surface area contributed by atoms with Gasteiger partial charge < -0.3 is 4.79 Å². The third-order valence-corrected chi connectivity index (χ3v) is 7.44. The molecular weight excluding hydrogens is 464 g/mol. The fourth-order valence-electron chi connectivity index (χ4n) is 5.21. The molecule has 0 spiro atoms. The van der Waals surface area contributed by atoms with E-state index in [1.54, 1.807) is 0 Å². The van der Waals surface area contributed by atoms with Gasteiger partial charge in [-0.2, -0.15) is 0 Å². The van der Waals surface area contributed by atoms with Crippen LogP contribution >= 0.6 is 11.6 Å². The second kappa shape index (κ2) is 11.2. The minimum absolute atomic E-state index is 0.140. The first-order chi connectivity index (χ1) is 17.6. The van der Waals surface area contributed by atoms with Crippen LogP contribution in [0.3, 0.4) is 0 Å². The van der Waals surface area contributed by atoms with Gasteiger partial charge in [-0.1, -0.05) is 108 Å². The van der Waals surface area contributed by atoms with Crippen LogP contribution in [0.15, 0.2) is 103 Å². The summed E-state index contributed by atoms with van der Waals surface area (Å²) in [5.41, 5.74) is 6.98. The molecule has 1 aliphatic heterocycles. The Balaban J connectivity index is 1.35. The average Bonchev–Trinajstić information content (AvgIpc) is 2.93. The van der Waals surface area contributed by atoms with E-state index >= 15 is 0 Å². The molecule has 2 unspecified atom stereocenters. The first-order valence-corrected chi connectivity index (χ1v) is 12.9. The summed E-state index contributed by atoms with van der Waals surface area (Å²) in [6.07, 6.45) is 1.09. The Morgan fingerprint density at radius 2 is 1.58 bits per heavy atom. The summed E-state index contributed by atoms with van der Waals surface area (Å²) in [7, 11) is 0. The highest BCUT2D eigenvalue weighted by Crippen LogP contribution is 2.34. The lowest BCUT2D eigenvalue weighted by Crippen LogP contribution is -2.49. The molecule has 4 aromatic carbocycles. The summed E-state index contributed by atoms with van der Waals surface area (Å²) in [6, 6.07) is 35.4. The van der Waals surface area contributed by atoms with Crippen LogP contribution in [0.5, 0.6) is 0 Å². The fraction of sp³-hybridized carbons (Fsp3) is 0.219. The largest absolute Gasteiger partial charge is 0.301 e. The summed E-state index contributed by atoms with van der Waals surface area (Å²) >= 11 is 6.46. The number of hydrogen-bond acceptors (Lipinski definition) is 3. The zero-order valence-electron chi connectivity index (χ0n) is 20.6. The number of carbonyl (C=O) groups excluding carboxylic acids is 1. The molecule has 1 saturated heterocycles. The summed E-state index contributed by atoms with van der Waals surface area (Å²) in [5, 5.41) is 0.776. The van der Waals surface area contributed by atoms with Gasteiger partial charge in [0.15, 0.2) is 0 Å². The Bertz CT molecular complexity index is 1290. The summed E-state index contributed by atoms with van der Waals surface area (Å²) < 4.78 is 0. The van der Waals surface area contributed by atoms with Gasteiger partial charge in [0.1, 0.15) is 6.29 Å². The SMILES string of the molecule is Cc1ccc(Cl)c(-c2ccc(CN3CCN(C(C=O)c4ccccc4)C(c4ccccc4)C3)cc2)c1. The zero-order chi connectivity index (χ0) is 24.9. The van der Waals surface area contributed by atoms with Crippen LogP contribution in [0.1, 0.15) is 34.3 Å². The van der Waals surface area contributed by atoms with Crippen molar-refractivity contribution in [3.63, 3.8) is 0 Å². The van der Waals surface area contributed by atoms with E-state index in [1.165, 1.54) is 16.7 Å². The number of aldehydes is 1. The third kappa shape index (κ3) is 5.44. The molecule has 4 aromatic rings. The van der Waals surface area contributed by atoms with E-state index < -0.39 is 0 Å². The number of piperazine rings is 1. The van der Waals surface area contributed by atoms with Crippen molar-refractivity contribution in [1.29, 1.82) is 0 Å². The minimum atomic E-state index is -0.253. The molecule has 3 nitrogen and oxygen atoms in total. The van der Waals surface area contributed by atoms with Crippen LogP contribution in [-0.4, -0.2) is 35.7 Å². The topological polar surface area (TPSA) is 23.6 Å². The lowest BCUT2D eigenvalue weighted by Gasteiger charge is -2.44. The van der Waals surface area contributed by atoms with Gasteiger partial charge in [0.2, 0.25) is 0 Å². The highest BCUT2D eigenvalue weighted by atomic mass is 35.5. The van der Waals surface area contributed by atoms with Crippen molar-refractivity contribution < 1.29 is 4.79 Å². The van der Waals surface area contributed by atoms with Crippen LogP contribution in [0, 0.1) is 6.92 Å². The fourth-order valence-corrected chi connectivity index (χ4v) is 5.44. The number of halogens is 1. The summed E-state index contributed by atoms with van der Waals surface area (Å²) in [6.45, 7) is 5.56. The highest BCUT2D eigenvalue weighted by molar-refractivity contribution is 6.33. The van der Waals surface area contributed by atoms with Crippen LogP contribution in [-0.2, 0) is 11.3 Å². The average molecular weight is 495 g/mol. The van der Waals surface area contributed by atoms with E-state index in [1.807, 2.05) is 36.4 Å². The van der Waals surface area contributed by atoms with Gasteiger partial charge in [0.05, 0.1) is 6.04 Å². The summed E-state index contributed by atoms with van der Waals surface area (Å²) in [5.74, 6) is 0. The molecule has 5 rings (SSSR count). The lowest BCUT2D eigenvalue weighted by molar-refractivity contribution is -0.115. The molecule has 4 heteroatoms. The molecule has 182 valence electrons. The van der Waals surface area contributed by atoms with Crippen LogP contribution < -0.4 is 0 Å². The number of hydrogen-bond donors (Lipinski definition) is 0. The van der Waals surface area contributed by atoms with Crippen molar-refractivity contribution >= 4 is 17.9 Å². The number of carbonyl (C=O) groups is 1. The van der Waals surface area contributed by atoms with Gasteiger partial charge in [0, 0.05) is 42.8 Å². The van der Waals surface area contributed by atoms with Crippen LogP contribution in [0.2, 0.25) is 5.02 Å². The number of nitrogens with zero attached hydrogens (tertiary/aromatic N) is 2. The first-order valence-electron chi connectivity index (χ1n) is 12.5. The standard InChI is InChI=1S/C32H31ClN2O/c1-24-12-17-30(33)29(20-24)26-15-13-25(14-16-26)21-34-18-19-35(31(22-34)27-8-4-2-5-9-27)32(23-36)28-10-6-3-7-11-28/h2-17,20,23,31-32H,18-19,21-22H2,1H3. The maximum atomic E-state index is 12.3. The molecule has 0 radical (unpaired) electrons. The Labute approximate surface area is 219 Å². The number of rotatable bonds is 7. The van der Waals surface area contributed by atoms with Gasteiger partial charge in [-0.25, -0.2) is 0 Å². The summed E-state index contributed by atoms with van der Waals surface area (Å²) in [4.78, 5) is 17.1. The van der Waals surface area contributed by atoms with Crippen molar-refractivity contribution in [2.24, 2.45) is 0 Å². The van der Waals surface area contributed by atoms with E-state index in [0.717, 1.165) is 54.2 Å². The molecule has 2 atom stereocenters. The van der Waals surface area contributed by atoms with E-state index in [2.05, 4.69) is 83.5 Å². The minimum Gasteiger partial charge on any atom is -0.301 e. The molecule has 1 heterocycles. The Morgan fingerprint density at radius 1 is 0.889 bits per heavy atom. The van der Waals surface area contributed by atoms with Gasteiger partial charge in [-0.3, -0.25) is 9.80 Å². The van der Waals surface area contributed by atoms with E-state index in [0.29, 0.717) is 0 Å². The van der Waals surface area contributed by atoms with Crippen molar-refractivity contribution in [3.8, 4) is 11.1 Å². The molecule has 0 saturated carbocycles. The monoisotopic (exact) mass is 494 g/mol. The molecule has 0 N–H and O–H groups in total. The predicted octanol–water partition coefficient (Wildman–Crippen LogP) is 7.11. The number of aryl methyl sites for hydroxylation is 1. The first kappa shape index (κ1) is 24.5. The Hall–Kier alpha value is -3.24. The van der Waals surface area contributed by atoms with Crippen molar-refractivity contribution in [1.82, 2.24) is 9.80 Å². The van der Waals surface area contributed by atoms with E-state index in [9.17, 15) is 4.79 Å². The van der Waals surface area contributed by atoms with Crippen LogP contribution in [0.4, 0.5) is 0 Å². The van der Waals surface area contributed by atoms with Gasteiger partial charge in [-0.15, -0.1) is 0 Å². The molecule has 1 aliphatic rings. The van der Waals surface area contributed by atoms with Gasteiger partial charge >= 0.3 is 0 Å².